The van der Waals surface area contributed by atoms with Crippen molar-refractivity contribution in [2.24, 2.45) is 0 Å². The summed E-state index contributed by atoms with van der Waals surface area (Å²) in [5.74, 6) is 0.885. The van der Waals surface area contributed by atoms with Gasteiger partial charge >= 0.3 is 0 Å². The van der Waals surface area contributed by atoms with E-state index in [1.54, 1.807) is 10.4 Å². The summed E-state index contributed by atoms with van der Waals surface area (Å²) in [5.41, 5.74) is 0. The Kier molecular flexibility index (Phi) is 6.30. The molecule has 0 amide bonds. The Hall–Kier alpha value is -1.18. The van der Waals surface area contributed by atoms with Gasteiger partial charge in [-0.25, -0.2) is 13.4 Å². The highest BCUT2D eigenvalue weighted by molar-refractivity contribution is 7.89. The normalized spacial score (nSPS) is 21.2. The minimum atomic E-state index is -3.39. The number of piperidine rings is 1. The summed E-state index contributed by atoms with van der Waals surface area (Å²) in [6.45, 7) is 8.72. The van der Waals surface area contributed by atoms with E-state index in [0.717, 1.165) is 64.2 Å². The third kappa shape index (κ3) is 4.51. The number of pyridine rings is 1. The van der Waals surface area contributed by atoms with Crippen LogP contribution in [0.5, 0.6) is 0 Å². The van der Waals surface area contributed by atoms with Crippen LogP contribution in [0.15, 0.2) is 23.2 Å². The van der Waals surface area contributed by atoms with Gasteiger partial charge in [0.05, 0.1) is 0 Å². The number of hydrogen-bond donors (Lipinski definition) is 0. The third-order valence-electron chi connectivity index (χ3n) is 5.13. The first-order valence-electron chi connectivity index (χ1n) is 9.55. The SMILES string of the molecule is CCCN1CCCN(c2ccc(S(=O)(=O)N3CCCCC3)cn2)CC1. The average Bonchev–Trinajstić information content (AvgIpc) is 2.89. The van der Waals surface area contributed by atoms with Gasteiger partial charge in [0.25, 0.3) is 0 Å². The Morgan fingerprint density at radius 1 is 0.960 bits per heavy atom. The summed E-state index contributed by atoms with van der Waals surface area (Å²) in [7, 11) is -3.39. The molecule has 3 heterocycles. The summed E-state index contributed by atoms with van der Waals surface area (Å²) in [6, 6.07) is 3.59. The summed E-state index contributed by atoms with van der Waals surface area (Å²) in [6.07, 6.45) is 6.86. The van der Waals surface area contributed by atoms with Crippen LogP contribution in [0.25, 0.3) is 0 Å². The topological polar surface area (TPSA) is 56.8 Å². The second kappa shape index (κ2) is 8.47. The maximum atomic E-state index is 12.7. The molecule has 2 aliphatic rings. The average molecular weight is 367 g/mol. The van der Waals surface area contributed by atoms with Gasteiger partial charge in [-0.2, -0.15) is 4.31 Å². The first-order chi connectivity index (χ1) is 12.1. The van der Waals surface area contributed by atoms with E-state index < -0.39 is 10.0 Å². The molecule has 6 nitrogen and oxygen atoms in total. The molecule has 2 fully saturated rings. The van der Waals surface area contributed by atoms with Crippen molar-refractivity contribution in [3.05, 3.63) is 18.3 Å². The van der Waals surface area contributed by atoms with Crippen LogP contribution in [-0.4, -0.2) is 68.4 Å². The number of hydrogen-bond acceptors (Lipinski definition) is 5. The van der Waals surface area contributed by atoms with Crippen molar-refractivity contribution < 1.29 is 8.42 Å². The van der Waals surface area contributed by atoms with Gasteiger partial charge in [-0.05, 0) is 50.9 Å². The number of rotatable bonds is 5. The second-order valence-corrected chi connectivity index (χ2v) is 8.94. The molecule has 25 heavy (non-hydrogen) atoms. The molecule has 140 valence electrons. The molecule has 3 rings (SSSR count). The predicted molar refractivity (Wildman–Crippen MR) is 100 cm³/mol. The molecule has 7 heteroatoms. The first-order valence-corrected chi connectivity index (χ1v) is 11.0. The molecule has 1 aromatic rings. The largest absolute Gasteiger partial charge is 0.355 e. The molecular formula is C18H30N4O2S. The minimum Gasteiger partial charge on any atom is -0.355 e. The van der Waals surface area contributed by atoms with Gasteiger partial charge in [0.2, 0.25) is 10.0 Å². The Balaban J connectivity index is 1.67. The van der Waals surface area contributed by atoms with Gasteiger partial charge in [-0.1, -0.05) is 13.3 Å². The van der Waals surface area contributed by atoms with Crippen molar-refractivity contribution in [1.82, 2.24) is 14.2 Å². The van der Waals surface area contributed by atoms with Crippen LogP contribution in [0.3, 0.4) is 0 Å². The lowest BCUT2D eigenvalue weighted by molar-refractivity contribution is 0.294. The fraction of sp³-hybridized carbons (Fsp3) is 0.722. The monoisotopic (exact) mass is 366 g/mol. The van der Waals surface area contributed by atoms with Crippen LogP contribution in [-0.2, 0) is 10.0 Å². The van der Waals surface area contributed by atoms with Crippen LogP contribution in [0.1, 0.15) is 39.0 Å². The van der Waals surface area contributed by atoms with E-state index in [1.165, 1.54) is 12.6 Å². The maximum absolute atomic E-state index is 12.7. The molecule has 0 unspecified atom stereocenters. The van der Waals surface area contributed by atoms with E-state index in [0.29, 0.717) is 18.0 Å². The molecule has 0 aromatic carbocycles. The smallest absolute Gasteiger partial charge is 0.244 e. The molecule has 0 spiro atoms. The van der Waals surface area contributed by atoms with Crippen LogP contribution in [0.4, 0.5) is 5.82 Å². The third-order valence-corrected chi connectivity index (χ3v) is 7.01. The number of aromatic nitrogens is 1. The highest BCUT2D eigenvalue weighted by atomic mass is 32.2. The van der Waals surface area contributed by atoms with E-state index in [2.05, 4.69) is 21.7 Å². The molecule has 0 atom stereocenters. The van der Waals surface area contributed by atoms with Crippen molar-refractivity contribution in [3.8, 4) is 0 Å². The fourth-order valence-corrected chi connectivity index (χ4v) is 5.17. The van der Waals surface area contributed by atoms with Gasteiger partial charge in [-0.3, -0.25) is 0 Å². The van der Waals surface area contributed by atoms with Crippen LogP contribution >= 0.6 is 0 Å². The van der Waals surface area contributed by atoms with Crippen molar-refractivity contribution in [2.75, 3.05) is 50.7 Å². The van der Waals surface area contributed by atoms with E-state index in [1.807, 2.05) is 6.07 Å². The van der Waals surface area contributed by atoms with E-state index in [4.69, 9.17) is 0 Å². The second-order valence-electron chi connectivity index (χ2n) is 7.00. The lowest BCUT2D eigenvalue weighted by atomic mass is 10.2. The van der Waals surface area contributed by atoms with Crippen molar-refractivity contribution >= 4 is 15.8 Å². The number of sulfonamides is 1. The minimum absolute atomic E-state index is 0.320. The van der Waals surface area contributed by atoms with Crippen molar-refractivity contribution in [3.63, 3.8) is 0 Å². The Morgan fingerprint density at radius 2 is 1.76 bits per heavy atom. The van der Waals surface area contributed by atoms with Gasteiger partial charge in [-0.15, -0.1) is 0 Å². The fourth-order valence-electron chi connectivity index (χ4n) is 3.71. The molecule has 0 bridgehead atoms. The molecular weight excluding hydrogens is 336 g/mol. The maximum Gasteiger partial charge on any atom is 0.244 e. The molecule has 2 aliphatic heterocycles. The highest BCUT2D eigenvalue weighted by Crippen LogP contribution is 2.22. The first kappa shape index (κ1) is 18.6. The standard InChI is InChI=1S/C18H30N4O2S/c1-2-9-20-10-6-11-21(15-14-20)18-8-7-17(16-19-18)25(23,24)22-12-4-3-5-13-22/h7-8,16H,2-6,9-15H2,1H3. The summed E-state index contributed by atoms with van der Waals surface area (Å²) >= 11 is 0. The Labute approximate surface area is 151 Å². The quantitative estimate of drug-likeness (QED) is 0.799. The Bertz CT molecular complexity index is 642. The van der Waals surface area contributed by atoms with Gasteiger partial charge in [0, 0.05) is 38.9 Å². The number of nitrogens with zero attached hydrogens (tertiary/aromatic N) is 4. The lowest BCUT2D eigenvalue weighted by Gasteiger charge is -2.26. The summed E-state index contributed by atoms with van der Waals surface area (Å²) < 4.78 is 27.0. The van der Waals surface area contributed by atoms with Crippen LogP contribution in [0, 0.1) is 0 Å². The Morgan fingerprint density at radius 3 is 2.44 bits per heavy atom. The van der Waals surface area contributed by atoms with E-state index in [9.17, 15) is 8.42 Å². The van der Waals surface area contributed by atoms with Crippen molar-refractivity contribution in [1.29, 1.82) is 0 Å². The van der Waals surface area contributed by atoms with Crippen molar-refractivity contribution in [2.45, 2.75) is 43.9 Å². The summed E-state index contributed by atoms with van der Waals surface area (Å²) in [5, 5.41) is 0. The van der Waals surface area contributed by atoms with Gasteiger partial charge < -0.3 is 9.80 Å². The van der Waals surface area contributed by atoms with Crippen LogP contribution < -0.4 is 4.90 Å². The summed E-state index contributed by atoms with van der Waals surface area (Å²) in [4.78, 5) is 9.56. The molecule has 1 aromatic heterocycles. The van der Waals surface area contributed by atoms with Gasteiger partial charge in [0.1, 0.15) is 10.7 Å². The zero-order valence-corrected chi connectivity index (χ0v) is 16.0. The van der Waals surface area contributed by atoms with Gasteiger partial charge in [0.15, 0.2) is 0 Å². The number of anilines is 1. The predicted octanol–water partition coefficient (Wildman–Crippen LogP) is 2.18. The molecule has 0 N–H and O–H groups in total. The molecule has 0 aliphatic carbocycles. The molecule has 2 saturated heterocycles. The zero-order valence-electron chi connectivity index (χ0n) is 15.2. The lowest BCUT2D eigenvalue weighted by Crippen LogP contribution is -2.35. The molecule has 0 saturated carbocycles. The zero-order chi connectivity index (χ0) is 17.7. The highest BCUT2D eigenvalue weighted by Gasteiger charge is 2.26. The molecule has 0 radical (unpaired) electrons. The van der Waals surface area contributed by atoms with E-state index in [-0.39, 0.29) is 0 Å². The van der Waals surface area contributed by atoms with Crippen LogP contribution in [0.2, 0.25) is 0 Å². The van der Waals surface area contributed by atoms with E-state index >= 15 is 0 Å².